The third-order valence-corrected chi connectivity index (χ3v) is 4.76. The highest BCUT2D eigenvalue weighted by molar-refractivity contribution is 6.17. The number of nitrogens with one attached hydrogen (secondary N) is 2. The molecule has 2 aromatic carbocycles. The molecule has 5 heteroatoms. The highest BCUT2D eigenvalue weighted by Crippen LogP contribution is 2.48. The Labute approximate surface area is 160 Å². The molecule has 0 heterocycles. The summed E-state index contributed by atoms with van der Waals surface area (Å²) in [7, 11) is 0. The van der Waals surface area contributed by atoms with Crippen LogP contribution in [0.4, 0.5) is 11.4 Å². The van der Waals surface area contributed by atoms with Crippen LogP contribution in [0.2, 0.25) is 0 Å². The van der Waals surface area contributed by atoms with E-state index in [1.54, 1.807) is 6.07 Å². The molecule has 0 bridgehead atoms. The average Bonchev–Trinajstić information content (AvgIpc) is 3.45. The van der Waals surface area contributed by atoms with Gasteiger partial charge in [-0.15, -0.1) is 0 Å². The number of amides is 2. The van der Waals surface area contributed by atoms with Gasteiger partial charge in [0.05, 0.1) is 11.8 Å². The van der Waals surface area contributed by atoms with Gasteiger partial charge in [-0.2, -0.15) is 0 Å². The average molecular weight is 366 g/mol. The molecule has 0 saturated heterocycles. The molecule has 1 fully saturated rings. The normalized spacial score (nSPS) is 14.5. The molecule has 2 amide bonds. The molecule has 5 nitrogen and oxygen atoms in total. The Morgan fingerprint density at radius 3 is 2.11 bits per heavy atom. The maximum atomic E-state index is 12.9. The van der Waals surface area contributed by atoms with Gasteiger partial charge in [0.25, 0.3) is 0 Å². The SMILES string of the molecule is CCc1ccccc1NC(=O)C1(C(=O)Nc2ccccc2OC(C)C)CC1. The van der Waals surface area contributed by atoms with Gasteiger partial charge >= 0.3 is 0 Å². The van der Waals surface area contributed by atoms with Crippen LogP contribution in [0.25, 0.3) is 0 Å². The first kappa shape index (κ1) is 19.0. The second-order valence-electron chi connectivity index (χ2n) is 7.16. The Morgan fingerprint density at radius 2 is 1.52 bits per heavy atom. The molecule has 2 N–H and O–H groups in total. The van der Waals surface area contributed by atoms with Gasteiger partial charge in [0.1, 0.15) is 11.2 Å². The Kier molecular flexibility index (Phi) is 5.49. The zero-order valence-electron chi connectivity index (χ0n) is 16.0. The number of hydrogen-bond acceptors (Lipinski definition) is 3. The molecule has 142 valence electrons. The minimum atomic E-state index is -1.01. The van der Waals surface area contributed by atoms with Gasteiger partial charge in [-0.1, -0.05) is 37.3 Å². The fraction of sp³-hybridized carbons (Fsp3) is 0.364. The standard InChI is InChI=1S/C22H26N2O3/c1-4-16-9-5-6-10-17(16)23-20(25)22(13-14-22)21(26)24-18-11-7-8-12-19(18)27-15(2)3/h5-12,15H,4,13-14H2,1-3H3,(H,23,25)(H,24,26). The van der Waals surface area contributed by atoms with E-state index in [9.17, 15) is 9.59 Å². The highest BCUT2D eigenvalue weighted by Gasteiger charge is 2.56. The molecule has 1 saturated carbocycles. The van der Waals surface area contributed by atoms with E-state index in [4.69, 9.17) is 4.74 Å². The summed E-state index contributed by atoms with van der Waals surface area (Å²) < 4.78 is 5.75. The predicted octanol–water partition coefficient (Wildman–Crippen LogP) is 4.39. The monoisotopic (exact) mass is 366 g/mol. The van der Waals surface area contributed by atoms with Crippen LogP contribution < -0.4 is 15.4 Å². The number of para-hydroxylation sites is 3. The van der Waals surface area contributed by atoms with Crippen molar-refractivity contribution in [2.45, 2.75) is 46.1 Å². The Morgan fingerprint density at radius 1 is 0.963 bits per heavy atom. The van der Waals surface area contributed by atoms with Crippen molar-refractivity contribution in [3.8, 4) is 5.75 Å². The van der Waals surface area contributed by atoms with Crippen LogP contribution in [-0.2, 0) is 16.0 Å². The van der Waals surface area contributed by atoms with Gasteiger partial charge in [0.2, 0.25) is 11.8 Å². The molecular weight excluding hydrogens is 340 g/mol. The van der Waals surface area contributed by atoms with Gasteiger partial charge in [0.15, 0.2) is 0 Å². The lowest BCUT2D eigenvalue weighted by molar-refractivity contribution is -0.131. The maximum Gasteiger partial charge on any atom is 0.240 e. The highest BCUT2D eigenvalue weighted by atomic mass is 16.5. The van der Waals surface area contributed by atoms with Crippen molar-refractivity contribution in [2.75, 3.05) is 10.6 Å². The minimum absolute atomic E-state index is 0.00761. The second kappa shape index (κ2) is 7.82. The lowest BCUT2D eigenvalue weighted by Crippen LogP contribution is -2.36. The molecule has 0 atom stereocenters. The number of ether oxygens (including phenoxy) is 1. The van der Waals surface area contributed by atoms with Crippen LogP contribution in [0.15, 0.2) is 48.5 Å². The van der Waals surface area contributed by atoms with Gasteiger partial charge in [0, 0.05) is 5.69 Å². The quantitative estimate of drug-likeness (QED) is 0.714. The molecule has 0 spiro atoms. The number of anilines is 2. The maximum absolute atomic E-state index is 12.9. The summed E-state index contributed by atoms with van der Waals surface area (Å²) in [4.78, 5) is 25.7. The fourth-order valence-corrected chi connectivity index (χ4v) is 3.04. The van der Waals surface area contributed by atoms with E-state index in [-0.39, 0.29) is 17.9 Å². The zero-order chi connectivity index (χ0) is 19.4. The van der Waals surface area contributed by atoms with E-state index in [1.165, 1.54) is 0 Å². The summed E-state index contributed by atoms with van der Waals surface area (Å²) in [6.45, 7) is 5.90. The molecule has 27 heavy (non-hydrogen) atoms. The summed E-state index contributed by atoms with van der Waals surface area (Å²) in [5.41, 5.74) is 1.40. The second-order valence-corrected chi connectivity index (χ2v) is 7.16. The molecule has 0 radical (unpaired) electrons. The van der Waals surface area contributed by atoms with E-state index in [2.05, 4.69) is 10.6 Å². The molecule has 1 aliphatic rings. The fourth-order valence-electron chi connectivity index (χ4n) is 3.04. The van der Waals surface area contributed by atoms with Crippen LogP contribution in [0, 0.1) is 5.41 Å². The lowest BCUT2D eigenvalue weighted by Gasteiger charge is -2.19. The molecule has 0 aliphatic heterocycles. The molecular formula is C22H26N2O3. The number of carbonyl (C=O) groups excluding carboxylic acids is 2. The van der Waals surface area contributed by atoms with Crippen LogP contribution >= 0.6 is 0 Å². The summed E-state index contributed by atoms with van der Waals surface area (Å²) >= 11 is 0. The van der Waals surface area contributed by atoms with Crippen LogP contribution in [0.1, 0.15) is 39.2 Å². The third-order valence-electron chi connectivity index (χ3n) is 4.76. The van der Waals surface area contributed by atoms with Gasteiger partial charge in [-0.25, -0.2) is 0 Å². The topological polar surface area (TPSA) is 67.4 Å². The number of hydrogen-bond donors (Lipinski definition) is 2. The van der Waals surface area contributed by atoms with Crippen LogP contribution in [0.5, 0.6) is 5.75 Å². The molecule has 0 aromatic heterocycles. The Balaban J connectivity index is 1.74. The van der Waals surface area contributed by atoms with Crippen LogP contribution in [0.3, 0.4) is 0 Å². The van der Waals surface area contributed by atoms with Crippen molar-refractivity contribution in [3.63, 3.8) is 0 Å². The molecule has 1 aliphatic carbocycles. The van der Waals surface area contributed by atoms with E-state index in [0.29, 0.717) is 24.3 Å². The van der Waals surface area contributed by atoms with Gasteiger partial charge < -0.3 is 15.4 Å². The van der Waals surface area contributed by atoms with Crippen molar-refractivity contribution >= 4 is 23.2 Å². The summed E-state index contributed by atoms with van der Waals surface area (Å²) in [5, 5.41) is 5.84. The first-order valence-electron chi connectivity index (χ1n) is 9.43. The van der Waals surface area contributed by atoms with E-state index in [1.807, 2.05) is 63.2 Å². The van der Waals surface area contributed by atoms with Crippen molar-refractivity contribution in [1.29, 1.82) is 0 Å². The summed E-state index contributed by atoms with van der Waals surface area (Å²) in [5.74, 6) is 0.0744. The Hall–Kier alpha value is -2.82. The Bertz CT molecular complexity index is 841. The third kappa shape index (κ3) is 4.13. The van der Waals surface area contributed by atoms with Crippen molar-refractivity contribution in [3.05, 3.63) is 54.1 Å². The van der Waals surface area contributed by atoms with Crippen molar-refractivity contribution in [1.82, 2.24) is 0 Å². The minimum Gasteiger partial charge on any atom is -0.489 e. The first-order valence-corrected chi connectivity index (χ1v) is 9.43. The largest absolute Gasteiger partial charge is 0.489 e. The van der Waals surface area contributed by atoms with Crippen LogP contribution in [-0.4, -0.2) is 17.9 Å². The molecule has 3 rings (SSSR count). The van der Waals surface area contributed by atoms with E-state index in [0.717, 1.165) is 17.7 Å². The number of aryl methyl sites for hydroxylation is 1. The summed E-state index contributed by atoms with van der Waals surface area (Å²) in [6.07, 6.45) is 1.90. The van der Waals surface area contributed by atoms with Crippen molar-refractivity contribution in [2.24, 2.45) is 5.41 Å². The van der Waals surface area contributed by atoms with E-state index < -0.39 is 5.41 Å². The van der Waals surface area contributed by atoms with E-state index >= 15 is 0 Å². The number of carbonyl (C=O) groups is 2. The number of benzene rings is 2. The lowest BCUT2D eigenvalue weighted by atomic mass is 10.0. The summed E-state index contributed by atoms with van der Waals surface area (Å²) in [6, 6.07) is 15.0. The van der Waals surface area contributed by atoms with Gasteiger partial charge in [-0.05, 0) is 56.9 Å². The smallest absolute Gasteiger partial charge is 0.240 e. The molecule has 2 aromatic rings. The zero-order valence-corrected chi connectivity index (χ0v) is 16.0. The van der Waals surface area contributed by atoms with Gasteiger partial charge in [-0.3, -0.25) is 9.59 Å². The molecule has 0 unspecified atom stereocenters. The number of rotatable bonds is 7. The first-order chi connectivity index (χ1) is 13.0. The predicted molar refractivity (Wildman–Crippen MR) is 107 cm³/mol. The van der Waals surface area contributed by atoms with Crippen molar-refractivity contribution < 1.29 is 14.3 Å².